The first-order valence-electron chi connectivity index (χ1n) is 6.38. The Morgan fingerprint density at radius 3 is 2.44 bits per heavy atom. The Morgan fingerprint density at radius 2 is 1.94 bits per heavy atom. The molecule has 0 aliphatic rings. The van der Waals surface area contributed by atoms with Crippen molar-refractivity contribution in [3.63, 3.8) is 0 Å². The zero-order chi connectivity index (χ0) is 12.0. The van der Waals surface area contributed by atoms with Crippen molar-refractivity contribution < 1.29 is 0 Å². The number of aryl methyl sites for hydroxylation is 1. The molecule has 1 aromatic rings. The van der Waals surface area contributed by atoms with Gasteiger partial charge in [0.15, 0.2) is 0 Å². The lowest BCUT2D eigenvalue weighted by Crippen LogP contribution is -2.25. The third-order valence-corrected chi connectivity index (χ3v) is 3.49. The van der Waals surface area contributed by atoms with Crippen molar-refractivity contribution in [3.8, 4) is 0 Å². The lowest BCUT2D eigenvalue weighted by atomic mass is 9.87. The van der Waals surface area contributed by atoms with E-state index in [0.717, 1.165) is 6.42 Å². The molecule has 0 radical (unpaired) electrons. The van der Waals surface area contributed by atoms with E-state index in [4.69, 9.17) is 0 Å². The highest BCUT2D eigenvalue weighted by molar-refractivity contribution is 5.27. The van der Waals surface area contributed by atoms with Gasteiger partial charge in [-0.2, -0.15) is 0 Å². The van der Waals surface area contributed by atoms with Crippen LogP contribution in [0.25, 0.3) is 0 Å². The Balaban J connectivity index is 3.02. The van der Waals surface area contributed by atoms with Crippen LogP contribution in [0.15, 0.2) is 18.5 Å². The van der Waals surface area contributed by atoms with Gasteiger partial charge in [-0.1, -0.05) is 33.6 Å². The topological polar surface area (TPSA) is 24.9 Å². The normalized spacial score (nSPS) is 13.1. The van der Waals surface area contributed by atoms with E-state index in [2.05, 4.69) is 44.2 Å². The molecule has 1 heterocycles. The van der Waals surface area contributed by atoms with Gasteiger partial charge in [0, 0.05) is 18.4 Å². The molecular weight excluding hydrogens is 196 g/mol. The lowest BCUT2D eigenvalue weighted by molar-refractivity contribution is 0.358. The van der Waals surface area contributed by atoms with Crippen molar-refractivity contribution in [2.24, 2.45) is 5.92 Å². The predicted molar refractivity (Wildman–Crippen MR) is 69.5 cm³/mol. The van der Waals surface area contributed by atoms with E-state index in [9.17, 15) is 0 Å². The van der Waals surface area contributed by atoms with Crippen LogP contribution in [0, 0.1) is 5.92 Å². The smallest absolute Gasteiger partial charge is 0.0349 e. The van der Waals surface area contributed by atoms with Crippen molar-refractivity contribution in [2.45, 2.75) is 46.1 Å². The molecular formula is C14H24N2. The van der Waals surface area contributed by atoms with E-state index in [1.807, 2.05) is 12.4 Å². The van der Waals surface area contributed by atoms with Gasteiger partial charge in [0.05, 0.1) is 0 Å². The summed E-state index contributed by atoms with van der Waals surface area (Å²) in [7, 11) is 2.06. The minimum Gasteiger partial charge on any atom is -0.313 e. The molecule has 0 saturated heterocycles. The molecule has 90 valence electrons. The summed E-state index contributed by atoms with van der Waals surface area (Å²) in [5, 5.41) is 3.47. The second-order valence-electron chi connectivity index (χ2n) is 4.27. The molecule has 2 nitrogen and oxygen atoms in total. The second kappa shape index (κ2) is 6.64. The summed E-state index contributed by atoms with van der Waals surface area (Å²) in [5.74, 6) is 0.706. The van der Waals surface area contributed by atoms with E-state index in [-0.39, 0.29) is 0 Å². The minimum absolute atomic E-state index is 0.466. The van der Waals surface area contributed by atoms with Crippen LogP contribution in [0.2, 0.25) is 0 Å². The highest BCUT2D eigenvalue weighted by atomic mass is 14.9. The van der Waals surface area contributed by atoms with Gasteiger partial charge in [-0.25, -0.2) is 0 Å². The summed E-state index contributed by atoms with van der Waals surface area (Å²) in [6.07, 6.45) is 7.39. The maximum absolute atomic E-state index is 4.22. The second-order valence-corrected chi connectivity index (χ2v) is 4.27. The van der Waals surface area contributed by atoms with E-state index in [1.165, 1.54) is 24.0 Å². The molecule has 0 amide bonds. The van der Waals surface area contributed by atoms with Crippen LogP contribution in [0.5, 0.6) is 0 Å². The molecule has 2 heteroatoms. The van der Waals surface area contributed by atoms with Crippen LogP contribution in [-0.4, -0.2) is 12.0 Å². The summed E-state index contributed by atoms with van der Waals surface area (Å²) >= 11 is 0. The number of hydrogen-bond acceptors (Lipinski definition) is 2. The quantitative estimate of drug-likeness (QED) is 0.795. The molecule has 1 rings (SSSR count). The first-order valence-corrected chi connectivity index (χ1v) is 6.38. The highest BCUT2D eigenvalue weighted by Crippen LogP contribution is 2.29. The van der Waals surface area contributed by atoms with Crippen molar-refractivity contribution in [3.05, 3.63) is 29.6 Å². The van der Waals surface area contributed by atoms with Crippen LogP contribution in [0.4, 0.5) is 0 Å². The molecule has 1 atom stereocenters. The number of nitrogens with one attached hydrogen (secondary N) is 1. The van der Waals surface area contributed by atoms with Crippen LogP contribution in [0.1, 0.15) is 50.8 Å². The largest absolute Gasteiger partial charge is 0.313 e. The van der Waals surface area contributed by atoms with Crippen LogP contribution in [-0.2, 0) is 6.42 Å². The Bertz CT molecular complexity index is 305. The average molecular weight is 220 g/mol. The van der Waals surface area contributed by atoms with Gasteiger partial charge in [-0.05, 0) is 36.6 Å². The number of nitrogens with zero attached hydrogens (tertiary/aromatic N) is 1. The Labute approximate surface area is 99.5 Å². The van der Waals surface area contributed by atoms with E-state index >= 15 is 0 Å². The van der Waals surface area contributed by atoms with E-state index in [1.54, 1.807) is 0 Å². The third-order valence-electron chi connectivity index (χ3n) is 3.49. The zero-order valence-electron chi connectivity index (χ0n) is 11.0. The molecule has 16 heavy (non-hydrogen) atoms. The number of hydrogen-bond donors (Lipinski definition) is 1. The first kappa shape index (κ1) is 13.2. The summed E-state index contributed by atoms with van der Waals surface area (Å²) in [6, 6.07) is 2.63. The molecule has 1 unspecified atom stereocenters. The van der Waals surface area contributed by atoms with E-state index < -0.39 is 0 Å². The zero-order valence-corrected chi connectivity index (χ0v) is 11.0. The van der Waals surface area contributed by atoms with Gasteiger partial charge in [-0.15, -0.1) is 0 Å². The number of pyridine rings is 1. The third kappa shape index (κ3) is 2.82. The van der Waals surface area contributed by atoms with Crippen LogP contribution < -0.4 is 5.32 Å². The SMILES string of the molecule is CCc1cnccc1C(NC)C(CC)CC. The van der Waals surface area contributed by atoms with Crippen LogP contribution in [0.3, 0.4) is 0 Å². The van der Waals surface area contributed by atoms with Gasteiger partial charge in [0.2, 0.25) is 0 Å². The van der Waals surface area contributed by atoms with Gasteiger partial charge in [0.1, 0.15) is 0 Å². The van der Waals surface area contributed by atoms with Gasteiger partial charge in [-0.3, -0.25) is 4.98 Å². The summed E-state index contributed by atoms with van der Waals surface area (Å²) in [6.45, 7) is 6.73. The van der Waals surface area contributed by atoms with Crippen molar-refractivity contribution in [1.29, 1.82) is 0 Å². The lowest BCUT2D eigenvalue weighted by Gasteiger charge is -2.27. The molecule has 0 bridgehead atoms. The van der Waals surface area contributed by atoms with E-state index in [0.29, 0.717) is 12.0 Å². The van der Waals surface area contributed by atoms with Crippen molar-refractivity contribution in [1.82, 2.24) is 10.3 Å². The molecule has 0 aliphatic carbocycles. The molecule has 0 aromatic carbocycles. The van der Waals surface area contributed by atoms with Crippen molar-refractivity contribution in [2.75, 3.05) is 7.05 Å². The maximum Gasteiger partial charge on any atom is 0.0349 e. The molecule has 0 saturated carbocycles. The highest BCUT2D eigenvalue weighted by Gasteiger charge is 2.20. The molecule has 1 N–H and O–H groups in total. The fourth-order valence-electron chi connectivity index (χ4n) is 2.44. The minimum atomic E-state index is 0.466. The summed E-state index contributed by atoms with van der Waals surface area (Å²) in [5.41, 5.74) is 2.79. The Morgan fingerprint density at radius 1 is 1.25 bits per heavy atom. The van der Waals surface area contributed by atoms with Gasteiger partial charge >= 0.3 is 0 Å². The van der Waals surface area contributed by atoms with Crippen molar-refractivity contribution >= 4 is 0 Å². The summed E-state index contributed by atoms with van der Waals surface area (Å²) in [4.78, 5) is 4.22. The fraction of sp³-hybridized carbons (Fsp3) is 0.643. The Kier molecular flexibility index (Phi) is 5.47. The molecule has 0 aliphatic heterocycles. The Hall–Kier alpha value is -0.890. The van der Waals surface area contributed by atoms with Gasteiger partial charge < -0.3 is 5.32 Å². The monoisotopic (exact) mass is 220 g/mol. The molecule has 0 fully saturated rings. The number of rotatable bonds is 6. The predicted octanol–water partition coefficient (Wildman–Crippen LogP) is 3.34. The van der Waals surface area contributed by atoms with Gasteiger partial charge in [0.25, 0.3) is 0 Å². The molecule has 1 aromatic heterocycles. The first-order chi connectivity index (χ1) is 7.78. The maximum atomic E-state index is 4.22. The fourth-order valence-corrected chi connectivity index (χ4v) is 2.44. The summed E-state index contributed by atoms with van der Waals surface area (Å²) < 4.78 is 0. The average Bonchev–Trinajstić information content (AvgIpc) is 2.35. The molecule has 0 spiro atoms. The van der Waals surface area contributed by atoms with Crippen LogP contribution >= 0.6 is 0 Å². The standard InChI is InChI=1S/C14H24N2/c1-5-11(6-2)14(15-4)13-8-9-16-10-12(13)7-3/h8-11,14-15H,5-7H2,1-4H3. The number of aromatic nitrogens is 1.